The normalized spacial score (nSPS) is 20.5. The fraction of sp³-hybridized carbons (Fsp3) is 0.263. The van der Waals surface area contributed by atoms with Crippen molar-refractivity contribution in [1.82, 2.24) is 0 Å². The first-order valence-electron chi connectivity index (χ1n) is 8.35. The maximum Gasteiger partial charge on any atom is 0.390 e. The second-order valence-corrected chi connectivity index (χ2v) is 13.2. The lowest BCUT2D eigenvalue weighted by atomic mass is 10.2. The van der Waals surface area contributed by atoms with Gasteiger partial charge in [-0.1, -0.05) is 66.7 Å². The smallest absolute Gasteiger partial charge is 0.306 e. The Labute approximate surface area is 148 Å². The Kier molecular flexibility index (Phi) is 6.09. The highest BCUT2D eigenvalue weighted by molar-refractivity contribution is 8.33. The summed E-state index contributed by atoms with van der Waals surface area (Å²) < 4.78 is 38.2. The highest BCUT2D eigenvalue weighted by Crippen LogP contribution is 2.84. The molecule has 1 heterocycles. The lowest BCUT2D eigenvalue weighted by Gasteiger charge is -2.27. The van der Waals surface area contributed by atoms with Gasteiger partial charge in [0.05, 0.1) is 13.2 Å². The standard InChI is InChI=1S/C19H22O4P2/c20-24(14-8-3-9-15-24)25(21,22-16-18-10-4-1-5-11-18)23-17-19-12-6-2-7-13-19/h1-2,4-8,10-14H,3,9,15-17H2. The molecule has 0 aromatic heterocycles. The van der Waals surface area contributed by atoms with Crippen molar-refractivity contribution in [2.45, 2.75) is 26.1 Å². The van der Waals surface area contributed by atoms with Crippen LogP contribution in [-0.2, 0) is 31.4 Å². The molecule has 4 nitrogen and oxygen atoms in total. The molecule has 0 amide bonds. The molecule has 0 bridgehead atoms. The van der Waals surface area contributed by atoms with Gasteiger partial charge < -0.3 is 4.57 Å². The molecule has 1 unspecified atom stereocenters. The molecular formula is C19H22O4P2. The first-order chi connectivity index (χ1) is 12.1. The van der Waals surface area contributed by atoms with Gasteiger partial charge in [-0.25, -0.2) is 0 Å². The monoisotopic (exact) mass is 376 g/mol. The highest BCUT2D eigenvalue weighted by atomic mass is 32.1. The van der Waals surface area contributed by atoms with Crippen molar-refractivity contribution < 1.29 is 18.2 Å². The van der Waals surface area contributed by atoms with Gasteiger partial charge in [0.1, 0.15) is 0 Å². The van der Waals surface area contributed by atoms with Crippen molar-refractivity contribution in [2.75, 3.05) is 6.16 Å². The van der Waals surface area contributed by atoms with Crippen LogP contribution < -0.4 is 0 Å². The van der Waals surface area contributed by atoms with E-state index < -0.39 is 14.1 Å². The van der Waals surface area contributed by atoms with Crippen molar-refractivity contribution >= 4 is 14.1 Å². The van der Waals surface area contributed by atoms with Crippen molar-refractivity contribution in [3.05, 3.63) is 83.7 Å². The third-order valence-corrected chi connectivity index (χ3v) is 11.6. The Morgan fingerprint density at radius 1 is 0.880 bits per heavy atom. The van der Waals surface area contributed by atoms with Gasteiger partial charge in [0.15, 0.2) is 0 Å². The van der Waals surface area contributed by atoms with Crippen molar-refractivity contribution in [3.8, 4) is 0 Å². The van der Waals surface area contributed by atoms with E-state index in [4.69, 9.17) is 9.05 Å². The average Bonchev–Trinajstić information content (AvgIpc) is 2.67. The minimum absolute atomic E-state index is 0.116. The summed E-state index contributed by atoms with van der Waals surface area (Å²) in [6.45, 7) is -2.95. The second kappa shape index (κ2) is 8.29. The number of hydrogen-bond donors (Lipinski definition) is 0. The summed E-state index contributed by atoms with van der Waals surface area (Å²) in [5.74, 6) is 1.58. The molecule has 0 saturated heterocycles. The molecule has 0 radical (unpaired) electrons. The van der Waals surface area contributed by atoms with Crippen LogP contribution in [0.5, 0.6) is 0 Å². The minimum Gasteiger partial charge on any atom is -0.306 e. The predicted molar refractivity (Wildman–Crippen MR) is 101 cm³/mol. The summed E-state index contributed by atoms with van der Waals surface area (Å²) in [4.78, 5) is 0. The summed E-state index contributed by atoms with van der Waals surface area (Å²) in [5, 5.41) is 0. The fourth-order valence-corrected chi connectivity index (χ4v) is 8.86. The molecule has 1 atom stereocenters. The molecular weight excluding hydrogens is 354 g/mol. The van der Waals surface area contributed by atoms with E-state index in [1.807, 2.05) is 66.7 Å². The third kappa shape index (κ3) is 4.59. The van der Waals surface area contributed by atoms with Gasteiger partial charge >= 0.3 is 7.28 Å². The maximum atomic E-state index is 13.5. The number of benzene rings is 2. The highest BCUT2D eigenvalue weighted by Gasteiger charge is 2.45. The van der Waals surface area contributed by atoms with E-state index in [0.29, 0.717) is 6.16 Å². The first kappa shape index (κ1) is 18.4. The summed E-state index contributed by atoms with van der Waals surface area (Å²) in [6, 6.07) is 18.9. The SMILES string of the molecule is O=P1(P(=O)(OCc2ccccc2)OCc2ccccc2)C=CCCC1. The molecule has 2 aromatic carbocycles. The molecule has 0 N–H and O–H groups in total. The molecule has 1 aliphatic heterocycles. The van der Waals surface area contributed by atoms with Crippen LogP contribution >= 0.6 is 14.1 Å². The Balaban J connectivity index is 1.80. The van der Waals surface area contributed by atoms with Crippen LogP contribution in [0.4, 0.5) is 0 Å². The molecule has 25 heavy (non-hydrogen) atoms. The van der Waals surface area contributed by atoms with Gasteiger partial charge in [0.2, 0.25) is 6.83 Å². The summed E-state index contributed by atoms with van der Waals surface area (Å²) in [5.41, 5.74) is 1.75. The molecule has 1 aliphatic rings. The Hall–Kier alpha value is -1.44. The molecule has 132 valence electrons. The van der Waals surface area contributed by atoms with Gasteiger partial charge in [0, 0.05) is 6.16 Å². The Morgan fingerprint density at radius 2 is 1.40 bits per heavy atom. The van der Waals surface area contributed by atoms with Gasteiger partial charge in [-0.3, -0.25) is 13.6 Å². The van der Waals surface area contributed by atoms with Crippen LogP contribution in [-0.4, -0.2) is 6.16 Å². The summed E-state index contributed by atoms with van der Waals surface area (Å²) >= 11 is 0. The topological polar surface area (TPSA) is 52.6 Å². The van der Waals surface area contributed by atoms with E-state index in [1.54, 1.807) is 5.82 Å². The average molecular weight is 376 g/mol. The van der Waals surface area contributed by atoms with Crippen LogP contribution in [0.2, 0.25) is 0 Å². The second-order valence-electron chi connectivity index (χ2n) is 5.99. The van der Waals surface area contributed by atoms with Gasteiger partial charge in [0.25, 0.3) is 0 Å². The van der Waals surface area contributed by atoms with E-state index in [0.717, 1.165) is 24.0 Å². The van der Waals surface area contributed by atoms with Gasteiger partial charge in [-0.05, 0) is 29.8 Å². The molecule has 0 aliphatic carbocycles. The van der Waals surface area contributed by atoms with Crippen LogP contribution in [0.25, 0.3) is 0 Å². The van der Waals surface area contributed by atoms with E-state index >= 15 is 0 Å². The Bertz CT molecular complexity index is 755. The molecule has 2 aromatic rings. The van der Waals surface area contributed by atoms with Crippen molar-refractivity contribution in [2.24, 2.45) is 0 Å². The van der Waals surface area contributed by atoms with Crippen LogP contribution in [0.15, 0.2) is 72.6 Å². The third-order valence-electron chi connectivity index (χ3n) is 4.08. The fourth-order valence-electron chi connectivity index (χ4n) is 2.65. The van der Waals surface area contributed by atoms with Crippen LogP contribution in [0.3, 0.4) is 0 Å². The molecule has 0 spiro atoms. The van der Waals surface area contributed by atoms with E-state index in [2.05, 4.69) is 0 Å². The van der Waals surface area contributed by atoms with E-state index in [9.17, 15) is 9.13 Å². The van der Waals surface area contributed by atoms with Crippen molar-refractivity contribution in [3.63, 3.8) is 0 Å². The van der Waals surface area contributed by atoms with Crippen molar-refractivity contribution in [1.29, 1.82) is 0 Å². The number of hydrogen-bond acceptors (Lipinski definition) is 4. The molecule has 3 rings (SSSR count). The number of allylic oxidation sites excluding steroid dienone is 1. The summed E-state index contributed by atoms with van der Waals surface area (Å²) in [7, 11) is -3.77. The molecule has 0 fully saturated rings. The van der Waals surface area contributed by atoms with E-state index in [-0.39, 0.29) is 13.2 Å². The first-order valence-corrected chi connectivity index (χ1v) is 12.6. The predicted octanol–water partition coefficient (Wildman–Crippen LogP) is 6.20. The van der Waals surface area contributed by atoms with Crippen LogP contribution in [0, 0.1) is 0 Å². The largest absolute Gasteiger partial charge is 0.390 e. The minimum atomic E-state index is -3.77. The Morgan fingerprint density at radius 3 is 1.84 bits per heavy atom. The van der Waals surface area contributed by atoms with Gasteiger partial charge in [-0.2, -0.15) is 0 Å². The zero-order valence-corrected chi connectivity index (χ0v) is 15.8. The summed E-state index contributed by atoms with van der Waals surface area (Å²) in [6.07, 6.45) is 3.78. The van der Waals surface area contributed by atoms with Gasteiger partial charge in [-0.15, -0.1) is 0 Å². The lowest BCUT2D eigenvalue weighted by Crippen LogP contribution is -2.02. The zero-order valence-electron chi connectivity index (χ0n) is 14.0. The molecule has 0 saturated carbocycles. The lowest BCUT2D eigenvalue weighted by molar-refractivity contribution is 0.204. The molecule has 6 heteroatoms. The quantitative estimate of drug-likeness (QED) is 0.540. The maximum absolute atomic E-state index is 13.5. The van der Waals surface area contributed by atoms with Crippen LogP contribution in [0.1, 0.15) is 24.0 Å². The van der Waals surface area contributed by atoms with E-state index in [1.165, 1.54) is 0 Å². The number of rotatable bonds is 7. The zero-order chi connectivity index (χ0) is 17.6.